The lowest BCUT2D eigenvalue weighted by atomic mass is 9.70. The molecule has 7 nitrogen and oxygen atoms in total. The smallest absolute Gasteiger partial charge is 0.271 e. The molecule has 3 fully saturated rings. The Morgan fingerprint density at radius 2 is 1.86 bits per heavy atom. The number of rotatable bonds is 4. The molecule has 1 amide bonds. The Morgan fingerprint density at radius 1 is 1.10 bits per heavy atom. The zero-order valence-corrected chi connectivity index (χ0v) is 17.5. The van der Waals surface area contributed by atoms with Crippen LogP contribution in [0.25, 0.3) is 0 Å². The Kier molecular flexibility index (Phi) is 6.32. The molecule has 0 bridgehead atoms. The molecule has 2 saturated carbocycles. The maximum atomic E-state index is 12.8. The molecule has 29 heavy (non-hydrogen) atoms. The normalized spacial score (nSPS) is 27.4. The van der Waals surface area contributed by atoms with Crippen LogP contribution < -0.4 is 5.43 Å². The first-order chi connectivity index (χ1) is 14.0. The molecule has 0 spiro atoms. The van der Waals surface area contributed by atoms with E-state index in [9.17, 15) is 13.2 Å². The fraction of sp³-hybridized carbons (Fsp3) is 0.619. The molecule has 0 unspecified atom stereocenters. The molecular formula is C21H29N3O4S. The summed E-state index contributed by atoms with van der Waals surface area (Å²) in [5.41, 5.74) is 4.00. The molecule has 1 heterocycles. The zero-order valence-electron chi connectivity index (χ0n) is 16.7. The third kappa shape index (κ3) is 4.70. The lowest BCUT2D eigenvalue weighted by Gasteiger charge is -2.35. The quantitative estimate of drug-likeness (QED) is 0.760. The van der Waals surface area contributed by atoms with E-state index in [1.807, 2.05) is 0 Å². The first-order valence-corrected chi connectivity index (χ1v) is 12.0. The fourth-order valence-electron chi connectivity index (χ4n) is 4.72. The Morgan fingerprint density at radius 3 is 2.66 bits per heavy atom. The van der Waals surface area contributed by atoms with Gasteiger partial charge < -0.3 is 4.74 Å². The summed E-state index contributed by atoms with van der Waals surface area (Å²) < 4.78 is 32.3. The van der Waals surface area contributed by atoms with Gasteiger partial charge in [0, 0.05) is 24.4 Å². The summed E-state index contributed by atoms with van der Waals surface area (Å²) in [5, 5.41) is 4.37. The van der Waals surface area contributed by atoms with E-state index in [1.54, 1.807) is 12.1 Å². The van der Waals surface area contributed by atoms with Gasteiger partial charge in [0.25, 0.3) is 5.91 Å². The lowest BCUT2D eigenvalue weighted by molar-refractivity contribution is 0.0730. The second kappa shape index (κ2) is 8.93. The van der Waals surface area contributed by atoms with E-state index >= 15 is 0 Å². The molecule has 1 N–H and O–H groups in total. The third-order valence-corrected chi connectivity index (χ3v) is 8.28. The van der Waals surface area contributed by atoms with E-state index in [0.717, 1.165) is 30.9 Å². The minimum absolute atomic E-state index is 0.127. The molecular weight excluding hydrogens is 390 g/mol. The molecule has 0 radical (unpaired) electrons. The zero-order chi connectivity index (χ0) is 20.3. The molecule has 1 saturated heterocycles. The minimum atomic E-state index is -3.63. The van der Waals surface area contributed by atoms with E-state index in [2.05, 4.69) is 10.5 Å². The monoisotopic (exact) mass is 419 g/mol. The lowest BCUT2D eigenvalue weighted by Crippen LogP contribution is -2.40. The number of ether oxygens (including phenoxy) is 1. The van der Waals surface area contributed by atoms with Gasteiger partial charge in [0.05, 0.1) is 18.1 Å². The predicted molar refractivity (Wildman–Crippen MR) is 110 cm³/mol. The van der Waals surface area contributed by atoms with Crippen LogP contribution in [-0.2, 0) is 14.8 Å². The van der Waals surface area contributed by atoms with Crippen LogP contribution >= 0.6 is 0 Å². The van der Waals surface area contributed by atoms with Crippen LogP contribution in [0.1, 0.15) is 55.3 Å². The molecule has 158 valence electrons. The highest BCUT2D eigenvalue weighted by Gasteiger charge is 2.30. The van der Waals surface area contributed by atoms with Crippen molar-refractivity contribution >= 4 is 21.6 Å². The van der Waals surface area contributed by atoms with E-state index in [-0.39, 0.29) is 10.8 Å². The van der Waals surface area contributed by atoms with Gasteiger partial charge in [0.1, 0.15) is 0 Å². The maximum absolute atomic E-state index is 12.8. The van der Waals surface area contributed by atoms with Crippen molar-refractivity contribution in [3.05, 3.63) is 29.8 Å². The number of hydrazone groups is 1. The Balaban J connectivity index is 1.42. The van der Waals surface area contributed by atoms with Crippen molar-refractivity contribution in [2.75, 3.05) is 26.3 Å². The predicted octanol–water partition coefficient (Wildman–Crippen LogP) is 2.78. The number of carbonyl (C=O) groups excluding carboxylic acids is 1. The van der Waals surface area contributed by atoms with Gasteiger partial charge in [-0.15, -0.1) is 0 Å². The van der Waals surface area contributed by atoms with Gasteiger partial charge >= 0.3 is 0 Å². The molecule has 0 aromatic heterocycles. The van der Waals surface area contributed by atoms with Crippen LogP contribution in [0.5, 0.6) is 0 Å². The van der Waals surface area contributed by atoms with E-state index in [4.69, 9.17) is 4.74 Å². The SMILES string of the molecule is O=C(N/N=C1/CC[C@H]2CCCC[C@H]2C1)c1cccc(S(=O)(=O)N2CCOCC2)c1. The van der Waals surface area contributed by atoms with Crippen LogP contribution in [0.4, 0.5) is 0 Å². The van der Waals surface area contributed by atoms with Crippen molar-refractivity contribution in [1.82, 2.24) is 9.73 Å². The summed E-state index contributed by atoms with van der Waals surface area (Å²) in [4.78, 5) is 12.7. The number of hydrogen-bond acceptors (Lipinski definition) is 5. The van der Waals surface area contributed by atoms with Crippen molar-refractivity contribution in [1.29, 1.82) is 0 Å². The molecule has 8 heteroatoms. The second-order valence-corrected chi connectivity index (χ2v) is 10.1. The maximum Gasteiger partial charge on any atom is 0.271 e. The van der Waals surface area contributed by atoms with Gasteiger partial charge in [-0.25, -0.2) is 13.8 Å². The third-order valence-electron chi connectivity index (χ3n) is 6.39. The van der Waals surface area contributed by atoms with Crippen LogP contribution in [0, 0.1) is 11.8 Å². The summed E-state index contributed by atoms with van der Waals surface area (Å²) >= 11 is 0. The topological polar surface area (TPSA) is 88.1 Å². The van der Waals surface area contributed by atoms with Crippen molar-refractivity contribution in [3.8, 4) is 0 Å². The van der Waals surface area contributed by atoms with Crippen molar-refractivity contribution < 1.29 is 17.9 Å². The summed E-state index contributed by atoms with van der Waals surface area (Å²) in [6, 6.07) is 6.17. The number of nitrogens with zero attached hydrogens (tertiary/aromatic N) is 2. The average Bonchev–Trinajstić information content (AvgIpc) is 2.78. The van der Waals surface area contributed by atoms with Gasteiger partial charge in [-0.2, -0.15) is 9.41 Å². The molecule has 2 aliphatic carbocycles. The van der Waals surface area contributed by atoms with E-state index in [0.29, 0.717) is 37.8 Å². The van der Waals surface area contributed by atoms with E-state index in [1.165, 1.54) is 42.1 Å². The van der Waals surface area contributed by atoms with Crippen LogP contribution in [0.2, 0.25) is 0 Å². The minimum Gasteiger partial charge on any atom is -0.379 e. The Hall–Kier alpha value is -1.77. The first-order valence-electron chi connectivity index (χ1n) is 10.6. The fourth-order valence-corrected chi connectivity index (χ4v) is 6.17. The van der Waals surface area contributed by atoms with Gasteiger partial charge in [0.15, 0.2) is 0 Å². The number of benzene rings is 1. The summed E-state index contributed by atoms with van der Waals surface area (Å²) in [5.74, 6) is 1.15. The summed E-state index contributed by atoms with van der Waals surface area (Å²) in [7, 11) is -3.63. The molecule has 1 aromatic rings. The van der Waals surface area contributed by atoms with Gasteiger partial charge in [-0.3, -0.25) is 4.79 Å². The highest BCUT2D eigenvalue weighted by Crippen LogP contribution is 2.39. The molecule has 1 aromatic carbocycles. The van der Waals surface area contributed by atoms with Gasteiger partial charge in [0.2, 0.25) is 10.0 Å². The number of sulfonamides is 1. The van der Waals surface area contributed by atoms with Crippen molar-refractivity contribution in [2.45, 2.75) is 49.8 Å². The summed E-state index contributed by atoms with van der Waals surface area (Å²) in [6.45, 7) is 1.43. The van der Waals surface area contributed by atoms with E-state index < -0.39 is 10.0 Å². The first kappa shape index (κ1) is 20.5. The highest BCUT2D eigenvalue weighted by atomic mass is 32.2. The number of morpholine rings is 1. The molecule has 2 atom stereocenters. The second-order valence-electron chi connectivity index (χ2n) is 8.21. The number of nitrogens with one attached hydrogen (secondary N) is 1. The number of hydrogen-bond donors (Lipinski definition) is 1. The standard InChI is InChI=1S/C21H29N3O4S/c25-21(23-22-19-9-8-16-4-1-2-5-17(16)14-19)18-6-3-7-20(15-18)29(26,27)24-10-12-28-13-11-24/h3,6-7,15-17H,1-2,4-5,8-14H2,(H,23,25)/b22-19-/t16-,17+/m1/s1. The van der Waals surface area contributed by atoms with Crippen LogP contribution in [0.15, 0.2) is 34.3 Å². The Labute approximate surface area is 172 Å². The number of amides is 1. The van der Waals surface area contributed by atoms with Gasteiger partial charge in [-0.05, 0) is 55.7 Å². The number of carbonyl (C=O) groups is 1. The van der Waals surface area contributed by atoms with Crippen molar-refractivity contribution in [2.24, 2.45) is 16.9 Å². The Bertz CT molecular complexity index is 878. The van der Waals surface area contributed by atoms with Crippen LogP contribution in [-0.4, -0.2) is 50.6 Å². The van der Waals surface area contributed by atoms with Crippen LogP contribution in [0.3, 0.4) is 0 Å². The number of fused-ring (bicyclic) bond motifs is 1. The average molecular weight is 420 g/mol. The molecule has 3 aliphatic rings. The summed E-state index contributed by atoms with van der Waals surface area (Å²) in [6.07, 6.45) is 8.29. The highest BCUT2D eigenvalue weighted by molar-refractivity contribution is 7.89. The molecule has 4 rings (SSSR count). The molecule has 1 aliphatic heterocycles. The largest absolute Gasteiger partial charge is 0.379 e. The van der Waals surface area contributed by atoms with Crippen molar-refractivity contribution in [3.63, 3.8) is 0 Å². The van der Waals surface area contributed by atoms with Gasteiger partial charge in [-0.1, -0.05) is 25.3 Å².